The molecule has 0 saturated carbocycles. The van der Waals surface area contributed by atoms with Gasteiger partial charge in [-0.25, -0.2) is 4.39 Å². The van der Waals surface area contributed by atoms with Gasteiger partial charge in [0.25, 0.3) is 0 Å². The minimum atomic E-state index is -0.287. The molecule has 4 nitrogen and oxygen atoms in total. The molecule has 0 fully saturated rings. The van der Waals surface area contributed by atoms with E-state index in [9.17, 15) is 4.39 Å². The second kappa shape index (κ2) is 5.18. The number of nitrogens with one attached hydrogen (secondary N) is 1. The van der Waals surface area contributed by atoms with Gasteiger partial charge in [0.2, 0.25) is 0 Å². The zero-order chi connectivity index (χ0) is 13.1. The van der Waals surface area contributed by atoms with Crippen molar-refractivity contribution in [2.75, 3.05) is 14.2 Å². The lowest BCUT2D eigenvalue weighted by Gasteiger charge is -2.08. The molecule has 2 rings (SSSR count). The molecule has 0 amide bonds. The second-order valence-electron chi connectivity index (χ2n) is 4.04. The summed E-state index contributed by atoms with van der Waals surface area (Å²) in [5.74, 6) is 0.354. The first-order valence-electron chi connectivity index (χ1n) is 5.66. The highest BCUT2D eigenvalue weighted by atomic mass is 19.1. The van der Waals surface area contributed by atoms with Gasteiger partial charge in [-0.15, -0.1) is 0 Å². The summed E-state index contributed by atoms with van der Waals surface area (Å²) >= 11 is 0. The van der Waals surface area contributed by atoms with E-state index in [4.69, 9.17) is 4.74 Å². The van der Waals surface area contributed by atoms with E-state index in [1.807, 2.05) is 20.3 Å². The summed E-state index contributed by atoms with van der Waals surface area (Å²) in [6.07, 6.45) is 1.87. The Morgan fingerprint density at radius 3 is 2.83 bits per heavy atom. The predicted molar refractivity (Wildman–Crippen MR) is 67.9 cm³/mol. The molecule has 0 bridgehead atoms. The zero-order valence-corrected chi connectivity index (χ0v) is 10.7. The van der Waals surface area contributed by atoms with Crippen LogP contribution >= 0.6 is 0 Å². The van der Waals surface area contributed by atoms with E-state index in [0.717, 1.165) is 16.8 Å². The number of benzene rings is 1. The number of rotatable bonds is 4. The first kappa shape index (κ1) is 12.6. The number of aromatic nitrogens is 2. The summed E-state index contributed by atoms with van der Waals surface area (Å²) in [5.41, 5.74) is 2.46. The third kappa shape index (κ3) is 2.36. The molecule has 18 heavy (non-hydrogen) atoms. The Morgan fingerprint density at radius 1 is 1.39 bits per heavy atom. The topological polar surface area (TPSA) is 39.1 Å². The Kier molecular flexibility index (Phi) is 3.62. The molecule has 0 aliphatic carbocycles. The van der Waals surface area contributed by atoms with Gasteiger partial charge in [0.15, 0.2) is 0 Å². The molecule has 0 saturated heterocycles. The minimum absolute atomic E-state index is 0.287. The van der Waals surface area contributed by atoms with E-state index < -0.39 is 0 Å². The number of hydrogen-bond acceptors (Lipinski definition) is 3. The third-order valence-electron chi connectivity index (χ3n) is 2.70. The van der Waals surface area contributed by atoms with Crippen LogP contribution in [0, 0.1) is 5.82 Å². The number of methoxy groups -OCH3 is 1. The van der Waals surface area contributed by atoms with Gasteiger partial charge in [-0.3, -0.25) is 4.68 Å². The SMILES string of the molecule is CNCc1nn(C)cc1-c1cc(F)ccc1OC. The minimum Gasteiger partial charge on any atom is -0.496 e. The molecule has 0 atom stereocenters. The van der Waals surface area contributed by atoms with Gasteiger partial charge in [0, 0.05) is 30.9 Å². The van der Waals surface area contributed by atoms with Gasteiger partial charge in [-0.1, -0.05) is 0 Å². The van der Waals surface area contributed by atoms with Crippen LogP contribution in [0.25, 0.3) is 11.1 Å². The van der Waals surface area contributed by atoms with E-state index in [1.54, 1.807) is 17.9 Å². The van der Waals surface area contributed by atoms with E-state index in [-0.39, 0.29) is 5.82 Å². The smallest absolute Gasteiger partial charge is 0.127 e. The first-order chi connectivity index (χ1) is 8.65. The van der Waals surface area contributed by atoms with Crippen molar-refractivity contribution < 1.29 is 9.13 Å². The van der Waals surface area contributed by atoms with E-state index in [1.165, 1.54) is 12.1 Å². The molecular formula is C13H16FN3O. The van der Waals surface area contributed by atoms with Crippen LogP contribution in [0.5, 0.6) is 5.75 Å². The normalized spacial score (nSPS) is 10.7. The number of ether oxygens (including phenoxy) is 1. The lowest BCUT2D eigenvalue weighted by molar-refractivity contribution is 0.415. The average Bonchev–Trinajstić information content (AvgIpc) is 2.71. The summed E-state index contributed by atoms with van der Waals surface area (Å²) in [4.78, 5) is 0. The summed E-state index contributed by atoms with van der Waals surface area (Å²) in [5, 5.41) is 7.41. The highest BCUT2D eigenvalue weighted by Gasteiger charge is 2.14. The number of halogens is 1. The summed E-state index contributed by atoms with van der Waals surface area (Å²) < 4.78 is 20.4. The monoisotopic (exact) mass is 249 g/mol. The number of hydrogen-bond donors (Lipinski definition) is 1. The van der Waals surface area contributed by atoms with Crippen LogP contribution in [-0.4, -0.2) is 23.9 Å². The molecule has 1 N–H and O–H groups in total. The van der Waals surface area contributed by atoms with Crippen LogP contribution in [0.3, 0.4) is 0 Å². The van der Waals surface area contributed by atoms with Crippen molar-refractivity contribution in [1.82, 2.24) is 15.1 Å². The quantitative estimate of drug-likeness (QED) is 0.900. The molecule has 1 heterocycles. The Bertz CT molecular complexity index is 551. The van der Waals surface area contributed by atoms with Crippen molar-refractivity contribution >= 4 is 0 Å². The van der Waals surface area contributed by atoms with Crippen LogP contribution < -0.4 is 10.1 Å². The molecule has 1 aromatic heterocycles. The maximum Gasteiger partial charge on any atom is 0.127 e. The fourth-order valence-corrected chi connectivity index (χ4v) is 1.95. The Hall–Kier alpha value is -1.88. The molecule has 0 unspecified atom stereocenters. The van der Waals surface area contributed by atoms with Crippen molar-refractivity contribution in [3.05, 3.63) is 35.9 Å². The highest BCUT2D eigenvalue weighted by molar-refractivity contribution is 5.72. The van der Waals surface area contributed by atoms with Crippen LogP contribution in [-0.2, 0) is 13.6 Å². The molecular weight excluding hydrogens is 233 g/mol. The maximum atomic E-state index is 13.4. The number of aryl methyl sites for hydroxylation is 1. The molecule has 5 heteroatoms. The Balaban J connectivity index is 2.56. The molecule has 1 aromatic carbocycles. The maximum absolute atomic E-state index is 13.4. The third-order valence-corrected chi connectivity index (χ3v) is 2.70. The van der Waals surface area contributed by atoms with Crippen molar-refractivity contribution in [1.29, 1.82) is 0 Å². The van der Waals surface area contributed by atoms with Crippen molar-refractivity contribution in [3.8, 4) is 16.9 Å². The molecule has 0 spiro atoms. The van der Waals surface area contributed by atoms with Gasteiger partial charge in [0.1, 0.15) is 11.6 Å². The summed E-state index contributed by atoms with van der Waals surface area (Å²) in [6, 6.07) is 4.48. The highest BCUT2D eigenvalue weighted by Crippen LogP contribution is 2.32. The van der Waals surface area contributed by atoms with Crippen LogP contribution in [0.4, 0.5) is 4.39 Å². The number of nitrogens with zero attached hydrogens (tertiary/aromatic N) is 2. The van der Waals surface area contributed by atoms with Gasteiger partial charge in [-0.05, 0) is 25.2 Å². The fraction of sp³-hybridized carbons (Fsp3) is 0.308. The largest absolute Gasteiger partial charge is 0.496 e. The lowest BCUT2D eigenvalue weighted by Crippen LogP contribution is -2.07. The first-order valence-corrected chi connectivity index (χ1v) is 5.66. The average molecular weight is 249 g/mol. The van der Waals surface area contributed by atoms with Crippen molar-refractivity contribution in [2.24, 2.45) is 7.05 Å². The Morgan fingerprint density at radius 2 is 2.17 bits per heavy atom. The van der Waals surface area contributed by atoms with Crippen molar-refractivity contribution in [2.45, 2.75) is 6.54 Å². The molecule has 0 aliphatic heterocycles. The van der Waals surface area contributed by atoms with E-state index in [0.29, 0.717) is 12.3 Å². The van der Waals surface area contributed by atoms with Gasteiger partial charge in [-0.2, -0.15) is 5.10 Å². The molecule has 96 valence electrons. The van der Waals surface area contributed by atoms with Crippen LogP contribution in [0.1, 0.15) is 5.69 Å². The van der Waals surface area contributed by atoms with Crippen LogP contribution in [0.2, 0.25) is 0 Å². The van der Waals surface area contributed by atoms with Crippen molar-refractivity contribution in [3.63, 3.8) is 0 Å². The van der Waals surface area contributed by atoms with Crippen LogP contribution in [0.15, 0.2) is 24.4 Å². The standard InChI is InChI=1S/C13H16FN3O/c1-15-7-12-11(8-17(2)16-12)10-6-9(14)4-5-13(10)18-3/h4-6,8,15H,7H2,1-3H3. The predicted octanol–water partition coefficient (Wildman–Crippen LogP) is 1.95. The molecule has 0 radical (unpaired) electrons. The van der Waals surface area contributed by atoms with Gasteiger partial charge < -0.3 is 10.1 Å². The van der Waals surface area contributed by atoms with E-state index >= 15 is 0 Å². The molecule has 0 aliphatic rings. The van der Waals surface area contributed by atoms with E-state index in [2.05, 4.69) is 10.4 Å². The summed E-state index contributed by atoms with van der Waals surface area (Å²) in [7, 11) is 5.26. The molecule has 2 aromatic rings. The zero-order valence-electron chi connectivity index (χ0n) is 10.7. The van der Waals surface area contributed by atoms with Gasteiger partial charge >= 0.3 is 0 Å². The summed E-state index contributed by atoms with van der Waals surface area (Å²) in [6.45, 7) is 0.621. The lowest BCUT2D eigenvalue weighted by atomic mass is 10.0. The Labute approximate surface area is 105 Å². The fourth-order valence-electron chi connectivity index (χ4n) is 1.95. The second-order valence-corrected chi connectivity index (χ2v) is 4.04. The van der Waals surface area contributed by atoms with Gasteiger partial charge in [0.05, 0.1) is 12.8 Å².